The predicted octanol–water partition coefficient (Wildman–Crippen LogP) is 3.97. The highest BCUT2D eigenvalue weighted by Gasteiger charge is 2.31. The predicted molar refractivity (Wildman–Crippen MR) is 141 cm³/mol. The molecule has 37 heavy (non-hydrogen) atoms. The zero-order valence-corrected chi connectivity index (χ0v) is 22.0. The molecule has 2 aliphatic rings. The SMILES string of the molecule is COc1ccc(-c2noc(CN3CCC(C(=O)N4CCN(c5cccc(Cl)c5)CC4)CC3)n2)cc1OC. The van der Waals surface area contributed by atoms with E-state index in [0.717, 1.165) is 68.4 Å². The van der Waals surface area contributed by atoms with Gasteiger partial charge in [0.2, 0.25) is 17.6 Å². The number of carbonyl (C=O) groups is 1. The van der Waals surface area contributed by atoms with E-state index in [2.05, 4.69) is 26.0 Å². The quantitative estimate of drug-likeness (QED) is 0.458. The second kappa shape index (κ2) is 11.4. The first-order chi connectivity index (χ1) is 18.0. The molecule has 1 amide bonds. The average molecular weight is 526 g/mol. The minimum atomic E-state index is 0.0685. The van der Waals surface area contributed by atoms with Crippen LogP contribution in [0, 0.1) is 5.92 Å². The first kappa shape index (κ1) is 25.4. The van der Waals surface area contributed by atoms with Gasteiger partial charge in [-0.15, -0.1) is 0 Å². The van der Waals surface area contributed by atoms with Gasteiger partial charge in [0.15, 0.2) is 11.5 Å². The molecule has 0 N–H and O–H groups in total. The van der Waals surface area contributed by atoms with Gasteiger partial charge in [0.05, 0.1) is 20.8 Å². The normalized spacial score (nSPS) is 17.2. The first-order valence-corrected chi connectivity index (χ1v) is 13.0. The van der Waals surface area contributed by atoms with Crippen molar-refractivity contribution in [1.29, 1.82) is 0 Å². The maximum Gasteiger partial charge on any atom is 0.241 e. The van der Waals surface area contributed by atoms with Crippen LogP contribution in [0.1, 0.15) is 18.7 Å². The number of halogens is 1. The van der Waals surface area contributed by atoms with Crippen LogP contribution in [0.5, 0.6) is 11.5 Å². The summed E-state index contributed by atoms with van der Waals surface area (Å²) in [7, 11) is 3.20. The van der Waals surface area contributed by atoms with Crippen LogP contribution in [0.2, 0.25) is 5.02 Å². The lowest BCUT2D eigenvalue weighted by molar-refractivity contribution is -0.137. The Bertz CT molecular complexity index is 1220. The molecule has 2 aliphatic heterocycles. The van der Waals surface area contributed by atoms with Gasteiger partial charge in [-0.25, -0.2) is 0 Å². The monoisotopic (exact) mass is 525 g/mol. The lowest BCUT2D eigenvalue weighted by Gasteiger charge is -2.39. The van der Waals surface area contributed by atoms with Crippen molar-refractivity contribution in [2.75, 3.05) is 58.4 Å². The maximum atomic E-state index is 13.2. The van der Waals surface area contributed by atoms with Gasteiger partial charge in [-0.05, 0) is 62.3 Å². The number of piperidine rings is 1. The van der Waals surface area contributed by atoms with Crippen molar-refractivity contribution in [3.63, 3.8) is 0 Å². The van der Waals surface area contributed by atoms with Crippen molar-refractivity contribution in [1.82, 2.24) is 19.9 Å². The van der Waals surface area contributed by atoms with E-state index in [-0.39, 0.29) is 11.8 Å². The molecule has 0 bridgehead atoms. The number of amides is 1. The molecule has 9 nitrogen and oxygen atoms in total. The fourth-order valence-electron chi connectivity index (χ4n) is 5.06. The van der Waals surface area contributed by atoms with Gasteiger partial charge < -0.3 is 23.8 Å². The van der Waals surface area contributed by atoms with E-state index >= 15 is 0 Å². The van der Waals surface area contributed by atoms with Gasteiger partial charge in [0.1, 0.15) is 0 Å². The third kappa shape index (κ3) is 5.83. The standard InChI is InChI=1S/C27H32ClN5O4/c1-35-23-7-6-20(16-24(23)36-2)26-29-25(37-30-26)18-31-10-8-19(9-11-31)27(34)33-14-12-32(13-15-33)22-5-3-4-21(28)17-22/h3-7,16-17,19H,8-15,18H2,1-2H3. The largest absolute Gasteiger partial charge is 0.493 e. The van der Waals surface area contributed by atoms with Crippen molar-refractivity contribution in [3.05, 3.63) is 53.4 Å². The fourth-order valence-corrected chi connectivity index (χ4v) is 5.24. The molecule has 2 saturated heterocycles. The van der Waals surface area contributed by atoms with Gasteiger partial charge in [0, 0.05) is 48.4 Å². The van der Waals surface area contributed by atoms with E-state index in [1.165, 1.54) is 0 Å². The molecular weight excluding hydrogens is 494 g/mol. The summed E-state index contributed by atoms with van der Waals surface area (Å²) in [5, 5.41) is 4.88. The molecule has 10 heteroatoms. The summed E-state index contributed by atoms with van der Waals surface area (Å²) in [4.78, 5) is 24.3. The van der Waals surface area contributed by atoms with Crippen molar-refractivity contribution in [2.24, 2.45) is 5.92 Å². The van der Waals surface area contributed by atoms with Gasteiger partial charge in [-0.3, -0.25) is 9.69 Å². The number of ether oxygens (including phenoxy) is 2. The minimum Gasteiger partial charge on any atom is -0.493 e. The number of hydrogen-bond donors (Lipinski definition) is 0. The van der Waals surface area contributed by atoms with E-state index in [9.17, 15) is 4.79 Å². The maximum absolute atomic E-state index is 13.2. The van der Waals surface area contributed by atoms with E-state index in [4.69, 9.17) is 25.6 Å². The lowest BCUT2D eigenvalue weighted by atomic mass is 9.95. The van der Waals surface area contributed by atoms with Crippen LogP contribution >= 0.6 is 11.6 Å². The van der Waals surface area contributed by atoms with Gasteiger partial charge >= 0.3 is 0 Å². The zero-order valence-electron chi connectivity index (χ0n) is 21.2. The molecule has 0 spiro atoms. The molecule has 3 aromatic rings. The smallest absolute Gasteiger partial charge is 0.241 e. The highest BCUT2D eigenvalue weighted by molar-refractivity contribution is 6.30. The van der Waals surface area contributed by atoms with Crippen LogP contribution in [-0.2, 0) is 11.3 Å². The highest BCUT2D eigenvalue weighted by Crippen LogP contribution is 2.31. The summed E-state index contributed by atoms with van der Waals surface area (Å²) in [5.74, 6) is 2.68. The first-order valence-electron chi connectivity index (χ1n) is 12.6. The molecule has 2 aromatic carbocycles. The van der Waals surface area contributed by atoms with Crippen molar-refractivity contribution in [3.8, 4) is 22.9 Å². The number of carbonyl (C=O) groups excluding carboxylic acids is 1. The summed E-state index contributed by atoms with van der Waals surface area (Å²) in [5.41, 5.74) is 1.91. The Hall–Kier alpha value is -3.30. The number of likely N-dealkylation sites (tertiary alicyclic amines) is 1. The van der Waals surface area contributed by atoms with Gasteiger partial charge in [0.25, 0.3) is 0 Å². The number of anilines is 1. The molecule has 0 atom stereocenters. The molecule has 0 saturated carbocycles. The highest BCUT2D eigenvalue weighted by atomic mass is 35.5. The number of aromatic nitrogens is 2. The molecule has 3 heterocycles. The summed E-state index contributed by atoms with van der Waals surface area (Å²) in [6.07, 6.45) is 1.67. The molecule has 0 aliphatic carbocycles. The van der Waals surface area contributed by atoms with E-state index in [1.807, 2.05) is 41.3 Å². The Morgan fingerprint density at radius 1 is 1.00 bits per heavy atom. The number of benzene rings is 2. The molecule has 0 radical (unpaired) electrons. The third-order valence-electron chi connectivity index (χ3n) is 7.17. The average Bonchev–Trinajstić information content (AvgIpc) is 3.41. The topological polar surface area (TPSA) is 84.2 Å². The second-order valence-electron chi connectivity index (χ2n) is 9.42. The minimum absolute atomic E-state index is 0.0685. The lowest BCUT2D eigenvalue weighted by Crippen LogP contribution is -2.51. The van der Waals surface area contributed by atoms with Gasteiger partial charge in [-0.1, -0.05) is 22.8 Å². The summed E-state index contributed by atoms with van der Waals surface area (Å²) in [6.45, 7) is 5.35. The molecular formula is C27H32ClN5O4. The van der Waals surface area contributed by atoms with Crippen molar-refractivity contribution >= 4 is 23.2 Å². The van der Waals surface area contributed by atoms with Crippen LogP contribution in [0.15, 0.2) is 47.0 Å². The number of methoxy groups -OCH3 is 2. The summed E-state index contributed by atoms with van der Waals surface area (Å²) >= 11 is 6.14. The Balaban J connectivity index is 1.10. The molecule has 5 rings (SSSR count). The summed E-state index contributed by atoms with van der Waals surface area (Å²) < 4.78 is 16.2. The van der Waals surface area contributed by atoms with E-state index in [1.54, 1.807) is 14.2 Å². The van der Waals surface area contributed by atoms with Crippen LogP contribution < -0.4 is 14.4 Å². The third-order valence-corrected chi connectivity index (χ3v) is 7.41. The Morgan fingerprint density at radius 3 is 2.46 bits per heavy atom. The van der Waals surface area contributed by atoms with Crippen LogP contribution in [-0.4, -0.2) is 79.3 Å². The van der Waals surface area contributed by atoms with Crippen LogP contribution in [0.4, 0.5) is 5.69 Å². The Labute approximate surface area is 221 Å². The van der Waals surface area contributed by atoms with Crippen LogP contribution in [0.3, 0.4) is 0 Å². The van der Waals surface area contributed by atoms with Crippen molar-refractivity contribution in [2.45, 2.75) is 19.4 Å². The van der Waals surface area contributed by atoms with Crippen molar-refractivity contribution < 1.29 is 18.8 Å². The van der Waals surface area contributed by atoms with E-state index in [0.29, 0.717) is 29.8 Å². The molecule has 2 fully saturated rings. The molecule has 196 valence electrons. The zero-order chi connectivity index (χ0) is 25.8. The molecule has 1 aromatic heterocycles. The van der Waals surface area contributed by atoms with E-state index < -0.39 is 0 Å². The number of rotatable bonds is 7. The second-order valence-corrected chi connectivity index (χ2v) is 9.86. The number of hydrogen-bond acceptors (Lipinski definition) is 8. The summed E-state index contributed by atoms with van der Waals surface area (Å²) in [6, 6.07) is 13.4. The Morgan fingerprint density at radius 2 is 1.76 bits per heavy atom. The fraction of sp³-hybridized carbons (Fsp3) is 0.444. The number of nitrogens with zero attached hydrogens (tertiary/aromatic N) is 5. The van der Waals surface area contributed by atoms with Crippen LogP contribution in [0.25, 0.3) is 11.4 Å². The van der Waals surface area contributed by atoms with Gasteiger partial charge in [-0.2, -0.15) is 4.98 Å². The Kier molecular flexibility index (Phi) is 7.81. The molecule has 0 unspecified atom stereocenters. The number of piperazine rings is 1.